The summed E-state index contributed by atoms with van der Waals surface area (Å²) in [5.41, 5.74) is 1.48. The Morgan fingerprint density at radius 3 is 3.00 bits per heavy atom. The number of carbonyl (C=O) groups excluding carboxylic acids is 1. The van der Waals surface area contributed by atoms with Gasteiger partial charge in [-0.25, -0.2) is 0 Å². The van der Waals surface area contributed by atoms with Gasteiger partial charge in [0.25, 0.3) is 5.91 Å². The van der Waals surface area contributed by atoms with Crippen LogP contribution in [-0.4, -0.2) is 16.9 Å². The summed E-state index contributed by atoms with van der Waals surface area (Å²) in [6.07, 6.45) is 3.93. The molecule has 1 aromatic rings. The predicted molar refractivity (Wildman–Crippen MR) is 49.5 cm³/mol. The maximum atomic E-state index is 11.6. The van der Waals surface area contributed by atoms with Crippen LogP contribution >= 0.6 is 0 Å². The normalized spacial score (nSPS) is 15.5. The molecule has 1 saturated carbocycles. The van der Waals surface area contributed by atoms with Crippen molar-refractivity contribution in [3.63, 3.8) is 0 Å². The smallest absolute Gasteiger partial charge is 0.253 e. The Hall–Kier alpha value is -1.38. The Morgan fingerprint density at radius 2 is 2.38 bits per heavy atom. The number of aryl methyl sites for hydroxylation is 1. The van der Waals surface area contributed by atoms with Crippen molar-refractivity contribution in [1.29, 1.82) is 0 Å². The van der Waals surface area contributed by atoms with Gasteiger partial charge in [0.2, 0.25) is 0 Å². The number of hydrogen-bond donors (Lipinski definition) is 1. The van der Waals surface area contributed by atoms with Gasteiger partial charge in [-0.1, -0.05) is 0 Å². The number of amides is 1. The second-order valence-corrected chi connectivity index (χ2v) is 3.38. The summed E-state index contributed by atoms with van der Waals surface area (Å²) >= 11 is 0. The molecule has 1 N–H and O–H groups in total. The molecule has 1 fully saturated rings. The SMILES string of the molecule is Cc1ncccc1C(=O)NC1CC1. The van der Waals surface area contributed by atoms with Crippen LogP contribution in [0.2, 0.25) is 0 Å². The first kappa shape index (κ1) is 8.23. The molecule has 1 amide bonds. The molecule has 68 valence electrons. The van der Waals surface area contributed by atoms with E-state index in [2.05, 4.69) is 10.3 Å². The van der Waals surface area contributed by atoms with Gasteiger partial charge in [0, 0.05) is 17.9 Å². The summed E-state index contributed by atoms with van der Waals surface area (Å²) in [6, 6.07) is 4.00. The highest BCUT2D eigenvalue weighted by Crippen LogP contribution is 2.19. The van der Waals surface area contributed by atoms with Gasteiger partial charge in [-0.3, -0.25) is 9.78 Å². The monoisotopic (exact) mass is 176 g/mol. The largest absolute Gasteiger partial charge is 0.349 e. The van der Waals surface area contributed by atoms with Crippen molar-refractivity contribution in [3.05, 3.63) is 29.6 Å². The van der Waals surface area contributed by atoms with Gasteiger partial charge in [-0.05, 0) is 31.9 Å². The van der Waals surface area contributed by atoms with E-state index in [-0.39, 0.29) is 5.91 Å². The molecule has 0 aromatic carbocycles. The van der Waals surface area contributed by atoms with E-state index in [0.717, 1.165) is 18.5 Å². The maximum absolute atomic E-state index is 11.6. The fourth-order valence-electron chi connectivity index (χ4n) is 1.22. The zero-order valence-electron chi connectivity index (χ0n) is 7.58. The molecule has 0 bridgehead atoms. The van der Waals surface area contributed by atoms with Crippen LogP contribution < -0.4 is 5.32 Å². The van der Waals surface area contributed by atoms with Crippen molar-refractivity contribution in [2.75, 3.05) is 0 Å². The predicted octanol–water partition coefficient (Wildman–Crippen LogP) is 1.28. The molecule has 0 atom stereocenters. The van der Waals surface area contributed by atoms with Crippen LogP contribution in [0, 0.1) is 6.92 Å². The lowest BCUT2D eigenvalue weighted by atomic mass is 10.2. The Bertz CT molecular complexity index is 331. The summed E-state index contributed by atoms with van der Waals surface area (Å²) in [4.78, 5) is 15.6. The Kier molecular flexibility index (Phi) is 2.00. The average Bonchev–Trinajstić information content (AvgIpc) is 2.89. The molecule has 1 aliphatic carbocycles. The van der Waals surface area contributed by atoms with Crippen molar-refractivity contribution >= 4 is 5.91 Å². The van der Waals surface area contributed by atoms with Crippen LogP contribution in [-0.2, 0) is 0 Å². The number of pyridine rings is 1. The highest BCUT2D eigenvalue weighted by atomic mass is 16.1. The second kappa shape index (κ2) is 3.17. The van der Waals surface area contributed by atoms with Gasteiger partial charge in [-0.2, -0.15) is 0 Å². The number of aromatic nitrogens is 1. The molecular weight excluding hydrogens is 164 g/mol. The van der Waals surface area contributed by atoms with Crippen LogP contribution in [0.1, 0.15) is 28.9 Å². The van der Waals surface area contributed by atoms with Gasteiger partial charge in [0.15, 0.2) is 0 Å². The van der Waals surface area contributed by atoms with Gasteiger partial charge in [0.1, 0.15) is 0 Å². The molecule has 0 saturated heterocycles. The van der Waals surface area contributed by atoms with Crippen molar-refractivity contribution in [2.24, 2.45) is 0 Å². The zero-order chi connectivity index (χ0) is 9.26. The van der Waals surface area contributed by atoms with Crippen LogP contribution in [0.5, 0.6) is 0 Å². The van der Waals surface area contributed by atoms with E-state index < -0.39 is 0 Å². The molecule has 0 spiro atoms. The van der Waals surface area contributed by atoms with Crippen LogP contribution in [0.4, 0.5) is 0 Å². The van der Waals surface area contributed by atoms with Crippen LogP contribution in [0.15, 0.2) is 18.3 Å². The standard InChI is InChI=1S/C10H12N2O/c1-7-9(3-2-6-11-7)10(13)12-8-4-5-8/h2-3,6,8H,4-5H2,1H3,(H,12,13). The molecule has 0 unspecified atom stereocenters. The first-order valence-corrected chi connectivity index (χ1v) is 4.50. The molecule has 13 heavy (non-hydrogen) atoms. The molecule has 0 radical (unpaired) electrons. The number of carbonyl (C=O) groups is 1. The minimum absolute atomic E-state index is 0.00750. The van der Waals surface area contributed by atoms with Gasteiger partial charge < -0.3 is 5.32 Å². The van der Waals surface area contributed by atoms with Gasteiger partial charge in [0.05, 0.1) is 5.56 Å². The summed E-state index contributed by atoms with van der Waals surface area (Å²) in [6.45, 7) is 1.85. The molecule has 1 heterocycles. The Labute approximate surface area is 77.2 Å². The van der Waals surface area contributed by atoms with Gasteiger partial charge in [-0.15, -0.1) is 0 Å². The van der Waals surface area contributed by atoms with Gasteiger partial charge >= 0.3 is 0 Å². The lowest BCUT2D eigenvalue weighted by Crippen LogP contribution is -2.26. The molecule has 0 aliphatic heterocycles. The van der Waals surface area contributed by atoms with Crippen molar-refractivity contribution in [1.82, 2.24) is 10.3 Å². The highest BCUT2D eigenvalue weighted by molar-refractivity contribution is 5.95. The fraction of sp³-hybridized carbons (Fsp3) is 0.400. The minimum atomic E-state index is 0.00750. The number of rotatable bonds is 2. The van der Waals surface area contributed by atoms with E-state index >= 15 is 0 Å². The lowest BCUT2D eigenvalue weighted by Gasteiger charge is -2.04. The third-order valence-corrected chi connectivity index (χ3v) is 2.16. The van der Waals surface area contributed by atoms with E-state index in [1.807, 2.05) is 6.92 Å². The van der Waals surface area contributed by atoms with Crippen molar-refractivity contribution in [2.45, 2.75) is 25.8 Å². The molecule has 2 rings (SSSR count). The summed E-state index contributed by atoms with van der Waals surface area (Å²) < 4.78 is 0. The fourth-order valence-corrected chi connectivity index (χ4v) is 1.22. The molecular formula is C10H12N2O. The molecule has 3 heteroatoms. The van der Waals surface area contributed by atoms with Crippen LogP contribution in [0.3, 0.4) is 0 Å². The summed E-state index contributed by atoms with van der Waals surface area (Å²) in [7, 11) is 0. The second-order valence-electron chi connectivity index (χ2n) is 3.38. The van der Waals surface area contributed by atoms with E-state index in [0.29, 0.717) is 11.6 Å². The summed E-state index contributed by atoms with van der Waals surface area (Å²) in [5.74, 6) is 0.00750. The first-order valence-electron chi connectivity index (χ1n) is 4.50. The van der Waals surface area contributed by atoms with E-state index in [1.54, 1.807) is 18.3 Å². The number of hydrogen-bond acceptors (Lipinski definition) is 2. The highest BCUT2D eigenvalue weighted by Gasteiger charge is 2.24. The average molecular weight is 176 g/mol. The number of nitrogens with zero attached hydrogens (tertiary/aromatic N) is 1. The Morgan fingerprint density at radius 1 is 1.62 bits per heavy atom. The van der Waals surface area contributed by atoms with Crippen molar-refractivity contribution < 1.29 is 4.79 Å². The quantitative estimate of drug-likeness (QED) is 0.737. The number of nitrogens with one attached hydrogen (secondary N) is 1. The molecule has 1 aromatic heterocycles. The van der Waals surface area contributed by atoms with Crippen LogP contribution in [0.25, 0.3) is 0 Å². The Balaban J connectivity index is 2.13. The minimum Gasteiger partial charge on any atom is -0.349 e. The molecule has 1 aliphatic rings. The first-order chi connectivity index (χ1) is 6.27. The third kappa shape index (κ3) is 1.86. The topological polar surface area (TPSA) is 42.0 Å². The van der Waals surface area contributed by atoms with E-state index in [1.165, 1.54) is 0 Å². The van der Waals surface area contributed by atoms with E-state index in [9.17, 15) is 4.79 Å². The molecule has 3 nitrogen and oxygen atoms in total. The van der Waals surface area contributed by atoms with E-state index in [4.69, 9.17) is 0 Å². The summed E-state index contributed by atoms with van der Waals surface area (Å²) in [5, 5.41) is 2.93. The third-order valence-electron chi connectivity index (χ3n) is 2.16. The maximum Gasteiger partial charge on any atom is 0.253 e. The lowest BCUT2D eigenvalue weighted by molar-refractivity contribution is 0.0950. The zero-order valence-corrected chi connectivity index (χ0v) is 7.58. The van der Waals surface area contributed by atoms with Crippen molar-refractivity contribution in [3.8, 4) is 0 Å².